The van der Waals surface area contributed by atoms with Gasteiger partial charge in [-0.25, -0.2) is 0 Å². The van der Waals surface area contributed by atoms with Gasteiger partial charge in [0.2, 0.25) is 0 Å². The van der Waals surface area contributed by atoms with Gasteiger partial charge in [0.25, 0.3) is 0 Å². The molecule has 0 amide bonds. The van der Waals surface area contributed by atoms with E-state index in [4.69, 9.17) is 4.74 Å². The van der Waals surface area contributed by atoms with Crippen molar-refractivity contribution in [1.82, 2.24) is 4.90 Å². The highest BCUT2D eigenvalue weighted by molar-refractivity contribution is 5.40. The molecule has 0 atom stereocenters. The van der Waals surface area contributed by atoms with Crippen molar-refractivity contribution in [3.8, 4) is 5.75 Å². The molecule has 1 heterocycles. The van der Waals surface area contributed by atoms with Crippen LogP contribution in [0.15, 0.2) is 12.1 Å². The van der Waals surface area contributed by atoms with Crippen LogP contribution in [0.25, 0.3) is 0 Å². The van der Waals surface area contributed by atoms with Gasteiger partial charge in [-0.15, -0.1) is 0 Å². The normalized spacial score (nSPS) is 16.8. The van der Waals surface area contributed by atoms with E-state index in [0.29, 0.717) is 0 Å². The molecule has 0 unspecified atom stereocenters. The zero-order chi connectivity index (χ0) is 13.0. The quantitative estimate of drug-likeness (QED) is 0.807. The Labute approximate surface area is 111 Å². The summed E-state index contributed by atoms with van der Waals surface area (Å²) in [5.41, 5.74) is 4.02. The molecule has 100 valence electrons. The zero-order valence-corrected chi connectivity index (χ0v) is 12.0. The summed E-state index contributed by atoms with van der Waals surface area (Å²) in [5.74, 6) is 1.02. The molecule has 1 aromatic carbocycles. The first-order valence-electron chi connectivity index (χ1n) is 7.10. The summed E-state index contributed by atoms with van der Waals surface area (Å²) in [6.45, 7) is 10.8. The highest BCUT2D eigenvalue weighted by Gasteiger charge is 2.09. The van der Waals surface area contributed by atoms with Crippen LogP contribution in [0, 0.1) is 20.8 Å². The molecule has 18 heavy (non-hydrogen) atoms. The predicted octanol–water partition coefficient (Wildman–Crippen LogP) is 3.48. The van der Waals surface area contributed by atoms with Crippen LogP contribution in [0.4, 0.5) is 0 Å². The maximum absolute atomic E-state index is 5.88. The van der Waals surface area contributed by atoms with E-state index in [1.165, 1.54) is 49.0 Å². The van der Waals surface area contributed by atoms with Gasteiger partial charge in [0.15, 0.2) is 0 Å². The first-order chi connectivity index (χ1) is 8.66. The van der Waals surface area contributed by atoms with Gasteiger partial charge in [-0.2, -0.15) is 0 Å². The van der Waals surface area contributed by atoms with Gasteiger partial charge in [-0.1, -0.05) is 6.42 Å². The van der Waals surface area contributed by atoms with Crippen molar-refractivity contribution in [3.63, 3.8) is 0 Å². The van der Waals surface area contributed by atoms with Gasteiger partial charge in [-0.05, 0) is 75.5 Å². The summed E-state index contributed by atoms with van der Waals surface area (Å²) < 4.78 is 5.88. The topological polar surface area (TPSA) is 12.5 Å². The lowest BCUT2D eigenvalue weighted by Crippen LogP contribution is -2.33. The van der Waals surface area contributed by atoms with Gasteiger partial charge in [-0.3, -0.25) is 4.90 Å². The fraction of sp³-hybridized carbons (Fsp3) is 0.625. The van der Waals surface area contributed by atoms with Gasteiger partial charge < -0.3 is 4.74 Å². The molecule has 0 spiro atoms. The molecule has 0 N–H and O–H groups in total. The van der Waals surface area contributed by atoms with E-state index in [-0.39, 0.29) is 0 Å². The van der Waals surface area contributed by atoms with Gasteiger partial charge in [0, 0.05) is 6.54 Å². The SMILES string of the molecule is Cc1cc(OCCN2CCCCC2)cc(C)c1C. The van der Waals surface area contributed by atoms with Crippen molar-refractivity contribution in [2.24, 2.45) is 0 Å². The number of likely N-dealkylation sites (tertiary alicyclic amines) is 1. The minimum absolute atomic E-state index is 0.807. The third kappa shape index (κ3) is 3.49. The minimum atomic E-state index is 0.807. The van der Waals surface area contributed by atoms with Crippen LogP contribution in [0.2, 0.25) is 0 Å². The van der Waals surface area contributed by atoms with Crippen LogP contribution in [0.5, 0.6) is 5.75 Å². The van der Waals surface area contributed by atoms with E-state index < -0.39 is 0 Å². The van der Waals surface area contributed by atoms with E-state index in [2.05, 4.69) is 37.8 Å². The van der Waals surface area contributed by atoms with E-state index in [9.17, 15) is 0 Å². The second-order valence-electron chi connectivity index (χ2n) is 5.43. The van der Waals surface area contributed by atoms with Crippen molar-refractivity contribution >= 4 is 0 Å². The minimum Gasteiger partial charge on any atom is -0.492 e. The Hall–Kier alpha value is -1.02. The molecule has 0 aromatic heterocycles. The molecular weight excluding hydrogens is 222 g/mol. The van der Waals surface area contributed by atoms with E-state index in [1.807, 2.05) is 0 Å². The molecule has 0 radical (unpaired) electrons. The second-order valence-corrected chi connectivity index (χ2v) is 5.43. The van der Waals surface area contributed by atoms with E-state index >= 15 is 0 Å². The lowest BCUT2D eigenvalue weighted by Gasteiger charge is -2.26. The Bertz CT molecular complexity index is 371. The molecule has 1 aromatic rings. The number of benzene rings is 1. The smallest absolute Gasteiger partial charge is 0.119 e. The van der Waals surface area contributed by atoms with Crippen molar-refractivity contribution in [2.75, 3.05) is 26.2 Å². The molecule has 0 saturated carbocycles. The maximum atomic E-state index is 5.88. The molecule has 2 heteroatoms. The first kappa shape index (κ1) is 13.4. The molecule has 0 bridgehead atoms. The van der Waals surface area contributed by atoms with Crippen LogP contribution in [-0.4, -0.2) is 31.1 Å². The predicted molar refractivity (Wildman–Crippen MR) is 76.4 cm³/mol. The Morgan fingerprint density at radius 2 is 1.61 bits per heavy atom. The summed E-state index contributed by atoms with van der Waals surface area (Å²) in [6.07, 6.45) is 4.10. The molecule has 2 rings (SSSR count). The molecule has 1 aliphatic heterocycles. The lowest BCUT2D eigenvalue weighted by molar-refractivity contribution is 0.183. The number of aryl methyl sites for hydroxylation is 2. The highest BCUT2D eigenvalue weighted by atomic mass is 16.5. The monoisotopic (exact) mass is 247 g/mol. The Balaban J connectivity index is 1.82. The molecule has 1 fully saturated rings. The molecule has 0 aliphatic carbocycles. The van der Waals surface area contributed by atoms with Gasteiger partial charge in [0.05, 0.1) is 0 Å². The third-order valence-corrected chi connectivity index (χ3v) is 4.03. The fourth-order valence-corrected chi connectivity index (χ4v) is 2.55. The van der Waals surface area contributed by atoms with Crippen LogP contribution in [-0.2, 0) is 0 Å². The Morgan fingerprint density at radius 3 is 2.22 bits per heavy atom. The van der Waals surface area contributed by atoms with Crippen LogP contribution < -0.4 is 4.74 Å². The van der Waals surface area contributed by atoms with Crippen molar-refractivity contribution in [3.05, 3.63) is 28.8 Å². The van der Waals surface area contributed by atoms with Gasteiger partial charge in [0.1, 0.15) is 12.4 Å². The number of hydrogen-bond donors (Lipinski definition) is 0. The molecule has 1 saturated heterocycles. The molecule has 2 nitrogen and oxygen atoms in total. The summed E-state index contributed by atoms with van der Waals surface area (Å²) >= 11 is 0. The number of piperidine rings is 1. The van der Waals surface area contributed by atoms with Crippen LogP contribution in [0.1, 0.15) is 36.0 Å². The average molecular weight is 247 g/mol. The second kappa shape index (κ2) is 6.24. The summed E-state index contributed by atoms with van der Waals surface area (Å²) in [7, 11) is 0. The number of hydrogen-bond acceptors (Lipinski definition) is 2. The summed E-state index contributed by atoms with van der Waals surface area (Å²) in [4.78, 5) is 2.51. The summed E-state index contributed by atoms with van der Waals surface area (Å²) in [6, 6.07) is 4.30. The molecule has 1 aliphatic rings. The van der Waals surface area contributed by atoms with Crippen LogP contribution >= 0.6 is 0 Å². The van der Waals surface area contributed by atoms with Gasteiger partial charge >= 0.3 is 0 Å². The fourth-order valence-electron chi connectivity index (χ4n) is 2.55. The Kier molecular flexibility index (Phi) is 4.65. The average Bonchev–Trinajstić information content (AvgIpc) is 2.37. The number of ether oxygens (including phenoxy) is 1. The van der Waals surface area contributed by atoms with Crippen molar-refractivity contribution < 1.29 is 4.74 Å². The van der Waals surface area contributed by atoms with E-state index in [0.717, 1.165) is 18.9 Å². The zero-order valence-electron chi connectivity index (χ0n) is 12.0. The number of rotatable bonds is 4. The first-order valence-corrected chi connectivity index (χ1v) is 7.10. The molecular formula is C16H25NO. The largest absolute Gasteiger partial charge is 0.492 e. The highest BCUT2D eigenvalue weighted by Crippen LogP contribution is 2.21. The van der Waals surface area contributed by atoms with Crippen LogP contribution in [0.3, 0.4) is 0 Å². The Morgan fingerprint density at radius 1 is 1.00 bits per heavy atom. The lowest BCUT2D eigenvalue weighted by atomic mass is 10.0. The van der Waals surface area contributed by atoms with Crippen molar-refractivity contribution in [2.45, 2.75) is 40.0 Å². The van der Waals surface area contributed by atoms with E-state index in [1.54, 1.807) is 0 Å². The van der Waals surface area contributed by atoms with Crippen molar-refractivity contribution in [1.29, 1.82) is 0 Å². The third-order valence-electron chi connectivity index (χ3n) is 4.03. The number of nitrogens with zero attached hydrogens (tertiary/aromatic N) is 1. The maximum Gasteiger partial charge on any atom is 0.119 e. The summed E-state index contributed by atoms with van der Waals surface area (Å²) in [5, 5.41) is 0. The standard InChI is InChI=1S/C16H25NO/c1-13-11-16(12-14(2)15(13)3)18-10-9-17-7-5-4-6-8-17/h11-12H,4-10H2,1-3H3.